The number of rotatable bonds is 5. The van der Waals surface area contributed by atoms with Crippen LogP contribution in [0.15, 0.2) is 24.4 Å². The highest BCUT2D eigenvalue weighted by Gasteiger charge is 2.26. The second-order valence-corrected chi connectivity index (χ2v) is 5.20. The zero-order valence-electron chi connectivity index (χ0n) is 10.7. The van der Waals surface area contributed by atoms with Crippen LogP contribution in [0.2, 0.25) is 0 Å². The molecule has 0 aromatic carbocycles. The summed E-state index contributed by atoms with van der Waals surface area (Å²) in [6.45, 7) is 4.66. The Kier molecular flexibility index (Phi) is 3.88. The Morgan fingerprint density at radius 1 is 1.39 bits per heavy atom. The lowest BCUT2D eigenvalue weighted by atomic mass is 10.2. The molecule has 1 aromatic rings. The van der Waals surface area contributed by atoms with Crippen LogP contribution in [0.1, 0.15) is 18.5 Å². The van der Waals surface area contributed by atoms with E-state index in [4.69, 9.17) is 4.74 Å². The molecular weight excluding hydrogens is 226 g/mol. The van der Waals surface area contributed by atoms with Crippen molar-refractivity contribution in [3.8, 4) is 0 Å². The number of nitrogens with one attached hydrogen (secondary N) is 1. The van der Waals surface area contributed by atoms with Gasteiger partial charge in [-0.2, -0.15) is 0 Å². The Balaban J connectivity index is 1.56. The van der Waals surface area contributed by atoms with Gasteiger partial charge >= 0.3 is 0 Å². The summed E-state index contributed by atoms with van der Waals surface area (Å²) in [5, 5.41) is 3.60. The second kappa shape index (κ2) is 5.78. The van der Waals surface area contributed by atoms with Gasteiger partial charge in [-0.3, -0.25) is 9.88 Å². The molecule has 2 heterocycles. The Labute approximate surface area is 108 Å². The molecular formula is C14H21N3O. The van der Waals surface area contributed by atoms with E-state index in [0.29, 0.717) is 6.04 Å². The quantitative estimate of drug-likeness (QED) is 0.843. The van der Waals surface area contributed by atoms with Crippen molar-refractivity contribution in [2.45, 2.75) is 31.5 Å². The minimum Gasteiger partial charge on any atom is -0.378 e. The van der Waals surface area contributed by atoms with Gasteiger partial charge in [0, 0.05) is 37.9 Å². The molecule has 1 atom stereocenters. The maximum Gasteiger partial charge on any atom is 0.0635 e. The van der Waals surface area contributed by atoms with E-state index in [-0.39, 0.29) is 0 Å². The number of morpholine rings is 1. The molecule has 2 aliphatic rings. The summed E-state index contributed by atoms with van der Waals surface area (Å²) < 4.78 is 5.60. The number of ether oxygens (including phenoxy) is 1. The van der Waals surface area contributed by atoms with Crippen LogP contribution in [-0.2, 0) is 11.3 Å². The Bertz CT molecular complexity index is 367. The van der Waals surface area contributed by atoms with Crippen molar-refractivity contribution in [3.63, 3.8) is 0 Å². The highest BCUT2D eigenvalue weighted by Crippen LogP contribution is 2.19. The molecule has 18 heavy (non-hydrogen) atoms. The van der Waals surface area contributed by atoms with Crippen molar-refractivity contribution in [1.29, 1.82) is 0 Å². The molecule has 0 spiro atoms. The van der Waals surface area contributed by atoms with Gasteiger partial charge in [0.15, 0.2) is 0 Å². The van der Waals surface area contributed by atoms with Crippen LogP contribution in [0.3, 0.4) is 0 Å². The maximum atomic E-state index is 5.60. The molecule has 0 amide bonds. The van der Waals surface area contributed by atoms with Gasteiger partial charge in [0.05, 0.1) is 18.9 Å². The predicted molar refractivity (Wildman–Crippen MR) is 70.3 cm³/mol. The van der Waals surface area contributed by atoms with Crippen molar-refractivity contribution < 1.29 is 4.74 Å². The lowest BCUT2D eigenvalue weighted by Gasteiger charge is -2.35. The molecule has 0 bridgehead atoms. The van der Waals surface area contributed by atoms with E-state index in [1.807, 2.05) is 12.3 Å². The second-order valence-electron chi connectivity index (χ2n) is 5.20. The molecule has 4 heteroatoms. The zero-order chi connectivity index (χ0) is 12.2. The molecule has 1 unspecified atom stereocenters. The molecule has 2 fully saturated rings. The summed E-state index contributed by atoms with van der Waals surface area (Å²) in [6.07, 6.45) is 4.55. The first-order chi connectivity index (χ1) is 8.92. The normalized spacial score (nSPS) is 25.2. The average molecular weight is 247 g/mol. The standard InChI is InChI=1S/C14H21N3O/c1-2-6-15-13(3-1)10-17-7-8-18-11-14(17)9-16-12-4-5-12/h1-3,6,12,14,16H,4-5,7-11H2. The summed E-state index contributed by atoms with van der Waals surface area (Å²) in [5.41, 5.74) is 1.15. The van der Waals surface area contributed by atoms with Gasteiger partial charge in [-0.05, 0) is 25.0 Å². The molecule has 1 N–H and O–H groups in total. The highest BCUT2D eigenvalue weighted by molar-refractivity contribution is 5.04. The molecule has 1 saturated heterocycles. The largest absolute Gasteiger partial charge is 0.378 e. The van der Waals surface area contributed by atoms with Gasteiger partial charge in [-0.1, -0.05) is 6.07 Å². The van der Waals surface area contributed by atoms with Crippen molar-refractivity contribution in [1.82, 2.24) is 15.2 Å². The lowest BCUT2D eigenvalue weighted by molar-refractivity contribution is -0.0115. The minimum absolute atomic E-state index is 0.487. The minimum atomic E-state index is 0.487. The van der Waals surface area contributed by atoms with Gasteiger partial charge in [-0.25, -0.2) is 0 Å². The summed E-state index contributed by atoms with van der Waals surface area (Å²) in [6, 6.07) is 7.38. The van der Waals surface area contributed by atoms with Crippen LogP contribution in [0.5, 0.6) is 0 Å². The number of nitrogens with zero attached hydrogens (tertiary/aromatic N) is 2. The van der Waals surface area contributed by atoms with Crippen molar-refractivity contribution >= 4 is 0 Å². The first kappa shape index (κ1) is 12.1. The summed E-state index contributed by atoms with van der Waals surface area (Å²) >= 11 is 0. The molecule has 1 aliphatic heterocycles. The van der Waals surface area contributed by atoms with Crippen molar-refractivity contribution in [2.75, 3.05) is 26.3 Å². The van der Waals surface area contributed by atoms with Crippen LogP contribution >= 0.6 is 0 Å². The Morgan fingerprint density at radius 3 is 3.11 bits per heavy atom. The van der Waals surface area contributed by atoms with E-state index in [1.54, 1.807) is 0 Å². The highest BCUT2D eigenvalue weighted by atomic mass is 16.5. The van der Waals surface area contributed by atoms with Gasteiger partial charge in [0.25, 0.3) is 0 Å². The van der Waals surface area contributed by atoms with Crippen LogP contribution < -0.4 is 5.32 Å². The molecule has 1 aromatic heterocycles. The molecule has 1 saturated carbocycles. The lowest BCUT2D eigenvalue weighted by Crippen LogP contribution is -2.50. The summed E-state index contributed by atoms with van der Waals surface area (Å²) in [4.78, 5) is 6.90. The third-order valence-corrected chi connectivity index (χ3v) is 3.66. The molecule has 4 nitrogen and oxygen atoms in total. The monoisotopic (exact) mass is 247 g/mol. The smallest absolute Gasteiger partial charge is 0.0635 e. The number of aromatic nitrogens is 1. The van der Waals surface area contributed by atoms with Crippen LogP contribution in [0, 0.1) is 0 Å². The fourth-order valence-electron chi connectivity index (χ4n) is 2.38. The fraction of sp³-hybridized carbons (Fsp3) is 0.643. The van der Waals surface area contributed by atoms with Gasteiger partial charge in [0.2, 0.25) is 0 Å². The van der Waals surface area contributed by atoms with Crippen LogP contribution in [0.25, 0.3) is 0 Å². The van der Waals surface area contributed by atoms with Gasteiger partial charge < -0.3 is 10.1 Å². The number of hydrogen-bond acceptors (Lipinski definition) is 4. The molecule has 1 aliphatic carbocycles. The first-order valence-corrected chi connectivity index (χ1v) is 6.87. The number of hydrogen-bond donors (Lipinski definition) is 1. The van der Waals surface area contributed by atoms with E-state index in [1.165, 1.54) is 12.8 Å². The van der Waals surface area contributed by atoms with Crippen molar-refractivity contribution in [2.24, 2.45) is 0 Å². The molecule has 3 rings (SSSR count). The first-order valence-electron chi connectivity index (χ1n) is 6.87. The average Bonchev–Trinajstić information content (AvgIpc) is 3.23. The SMILES string of the molecule is c1ccc(CN2CCOCC2CNC2CC2)nc1. The Morgan fingerprint density at radius 2 is 2.33 bits per heavy atom. The third kappa shape index (κ3) is 3.28. The maximum absolute atomic E-state index is 5.60. The zero-order valence-corrected chi connectivity index (χ0v) is 10.7. The van der Waals surface area contributed by atoms with Crippen LogP contribution in [-0.4, -0.2) is 48.3 Å². The molecule has 0 radical (unpaired) electrons. The van der Waals surface area contributed by atoms with E-state index in [0.717, 1.165) is 44.6 Å². The van der Waals surface area contributed by atoms with Crippen LogP contribution in [0.4, 0.5) is 0 Å². The topological polar surface area (TPSA) is 37.4 Å². The predicted octanol–water partition coefficient (Wildman–Crippen LogP) is 1.03. The summed E-state index contributed by atoms with van der Waals surface area (Å²) in [7, 11) is 0. The van der Waals surface area contributed by atoms with E-state index >= 15 is 0 Å². The van der Waals surface area contributed by atoms with Gasteiger partial charge in [-0.15, -0.1) is 0 Å². The van der Waals surface area contributed by atoms with E-state index in [2.05, 4.69) is 27.3 Å². The van der Waals surface area contributed by atoms with Crippen molar-refractivity contribution in [3.05, 3.63) is 30.1 Å². The Hall–Kier alpha value is -0.970. The molecule has 98 valence electrons. The fourth-order valence-corrected chi connectivity index (χ4v) is 2.38. The van der Waals surface area contributed by atoms with Gasteiger partial charge in [0.1, 0.15) is 0 Å². The third-order valence-electron chi connectivity index (χ3n) is 3.66. The van der Waals surface area contributed by atoms with E-state index < -0.39 is 0 Å². The van der Waals surface area contributed by atoms with E-state index in [9.17, 15) is 0 Å². The number of pyridine rings is 1. The summed E-state index contributed by atoms with van der Waals surface area (Å²) in [5.74, 6) is 0.